The molecule has 2 heterocycles. The number of methoxy groups -OCH3 is 1. The highest BCUT2D eigenvalue weighted by molar-refractivity contribution is 5.99. The van der Waals surface area contributed by atoms with Crippen molar-refractivity contribution < 1.29 is 13.9 Å². The van der Waals surface area contributed by atoms with Crippen molar-refractivity contribution in [2.24, 2.45) is 11.8 Å². The van der Waals surface area contributed by atoms with Gasteiger partial charge >= 0.3 is 0 Å². The molecule has 2 fully saturated rings. The molecule has 0 unspecified atom stereocenters. The summed E-state index contributed by atoms with van der Waals surface area (Å²) in [5.41, 5.74) is 1.67. The maximum atomic E-state index is 13.0. The quantitative estimate of drug-likeness (QED) is 0.821. The zero-order chi connectivity index (χ0) is 16.7. The second-order valence-electron chi connectivity index (χ2n) is 7.26. The largest absolute Gasteiger partial charge is 0.497 e. The molecule has 1 aromatic heterocycles. The Kier molecular flexibility index (Phi) is 3.99. The van der Waals surface area contributed by atoms with E-state index in [0.29, 0.717) is 11.7 Å². The fourth-order valence-corrected chi connectivity index (χ4v) is 4.46. The first-order valence-electron chi connectivity index (χ1n) is 9.04. The molecular formula is C20H25NO3. The average molecular weight is 327 g/mol. The van der Waals surface area contributed by atoms with E-state index in [1.807, 2.05) is 30.0 Å². The topological polar surface area (TPSA) is 42.7 Å². The van der Waals surface area contributed by atoms with Crippen molar-refractivity contribution >= 4 is 16.9 Å². The van der Waals surface area contributed by atoms with Crippen LogP contribution < -0.4 is 4.74 Å². The molecular weight excluding hydrogens is 302 g/mol. The van der Waals surface area contributed by atoms with Crippen LogP contribution in [-0.2, 0) is 0 Å². The van der Waals surface area contributed by atoms with E-state index < -0.39 is 0 Å². The fraction of sp³-hybridized carbons (Fsp3) is 0.550. The Balaban J connectivity index is 1.60. The van der Waals surface area contributed by atoms with Crippen molar-refractivity contribution in [1.29, 1.82) is 0 Å². The van der Waals surface area contributed by atoms with Crippen LogP contribution in [0.25, 0.3) is 11.0 Å². The van der Waals surface area contributed by atoms with Crippen molar-refractivity contribution in [3.63, 3.8) is 0 Å². The predicted molar refractivity (Wildman–Crippen MR) is 93.5 cm³/mol. The van der Waals surface area contributed by atoms with Gasteiger partial charge in [0.2, 0.25) is 0 Å². The number of piperidine rings is 1. The summed E-state index contributed by atoms with van der Waals surface area (Å²) in [6, 6.07) is 5.69. The SMILES string of the molecule is COc1ccc2oc(C(=O)N3CC[C@H]4CCCC[C@@H]4C3)c(C)c2c1. The molecule has 24 heavy (non-hydrogen) atoms. The van der Waals surface area contributed by atoms with Gasteiger partial charge in [0.25, 0.3) is 5.91 Å². The van der Waals surface area contributed by atoms with Gasteiger partial charge in [-0.3, -0.25) is 4.79 Å². The lowest BCUT2D eigenvalue weighted by Crippen LogP contribution is -2.44. The van der Waals surface area contributed by atoms with Crippen molar-refractivity contribution in [2.45, 2.75) is 39.0 Å². The third-order valence-electron chi connectivity index (χ3n) is 5.92. The number of ether oxygens (including phenoxy) is 1. The number of nitrogens with zero attached hydrogens (tertiary/aromatic N) is 1. The zero-order valence-electron chi connectivity index (χ0n) is 14.5. The van der Waals surface area contributed by atoms with Gasteiger partial charge in [0.1, 0.15) is 11.3 Å². The smallest absolute Gasteiger partial charge is 0.289 e. The number of hydrogen-bond donors (Lipinski definition) is 0. The molecule has 1 amide bonds. The van der Waals surface area contributed by atoms with E-state index in [1.165, 1.54) is 25.7 Å². The van der Waals surface area contributed by atoms with E-state index >= 15 is 0 Å². The molecule has 0 bridgehead atoms. The van der Waals surface area contributed by atoms with Crippen LogP contribution in [0.3, 0.4) is 0 Å². The van der Waals surface area contributed by atoms with Gasteiger partial charge in [-0.2, -0.15) is 0 Å². The molecule has 128 valence electrons. The molecule has 0 spiro atoms. The number of hydrogen-bond acceptors (Lipinski definition) is 3. The summed E-state index contributed by atoms with van der Waals surface area (Å²) < 4.78 is 11.2. The molecule has 4 rings (SSSR count). The maximum Gasteiger partial charge on any atom is 0.289 e. The van der Waals surface area contributed by atoms with Gasteiger partial charge in [-0.1, -0.05) is 19.3 Å². The third-order valence-corrected chi connectivity index (χ3v) is 5.92. The normalized spacial score (nSPS) is 24.0. The molecule has 1 saturated heterocycles. The molecule has 0 N–H and O–H groups in total. The summed E-state index contributed by atoms with van der Waals surface area (Å²) in [4.78, 5) is 15.0. The summed E-state index contributed by atoms with van der Waals surface area (Å²) in [6.45, 7) is 3.72. The van der Waals surface area contributed by atoms with E-state index in [4.69, 9.17) is 9.15 Å². The number of aryl methyl sites for hydroxylation is 1. The molecule has 1 aliphatic heterocycles. The van der Waals surface area contributed by atoms with Crippen LogP contribution in [0.2, 0.25) is 0 Å². The van der Waals surface area contributed by atoms with Crippen molar-refractivity contribution in [2.75, 3.05) is 20.2 Å². The predicted octanol–water partition coefficient (Wildman–Crippen LogP) is 4.40. The van der Waals surface area contributed by atoms with Crippen molar-refractivity contribution in [1.82, 2.24) is 4.90 Å². The Hall–Kier alpha value is -1.97. The van der Waals surface area contributed by atoms with E-state index in [-0.39, 0.29) is 5.91 Å². The van der Waals surface area contributed by atoms with Gasteiger partial charge in [0, 0.05) is 24.0 Å². The molecule has 1 aromatic carbocycles. The van der Waals surface area contributed by atoms with Crippen LogP contribution in [-0.4, -0.2) is 31.0 Å². The van der Waals surface area contributed by atoms with E-state index in [2.05, 4.69) is 0 Å². The second-order valence-corrected chi connectivity index (χ2v) is 7.26. The average Bonchev–Trinajstić information content (AvgIpc) is 2.96. The molecule has 4 nitrogen and oxygen atoms in total. The highest BCUT2D eigenvalue weighted by Crippen LogP contribution is 2.37. The van der Waals surface area contributed by atoms with Crippen LogP contribution >= 0.6 is 0 Å². The van der Waals surface area contributed by atoms with Gasteiger partial charge in [-0.15, -0.1) is 0 Å². The van der Waals surface area contributed by atoms with E-state index in [1.54, 1.807) is 7.11 Å². The Bertz CT molecular complexity index is 764. The first-order chi connectivity index (χ1) is 11.7. The first kappa shape index (κ1) is 15.6. The monoisotopic (exact) mass is 327 g/mol. The maximum absolute atomic E-state index is 13.0. The third kappa shape index (κ3) is 2.58. The van der Waals surface area contributed by atoms with Gasteiger partial charge in [-0.25, -0.2) is 0 Å². The number of benzene rings is 1. The minimum Gasteiger partial charge on any atom is -0.497 e. The van der Waals surface area contributed by atoms with E-state index in [9.17, 15) is 4.79 Å². The van der Waals surface area contributed by atoms with Crippen LogP contribution in [0, 0.1) is 18.8 Å². The summed E-state index contributed by atoms with van der Waals surface area (Å²) in [7, 11) is 1.65. The van der Waals surface area contributed by atoms with Gasteiger partial charge in [-0.05, 0) is 49.8 Å². The highest BCUT2D eigenvalue weighted by Gasteiger charge is 2.34. The number of rotatable bonds is 2. The number of likely N-dealkylation sites (tertiary alicyclic amines) is 1. The summed E-state index contributed by atoms with van der Waals surface area (Å²) >= 11 is 0. The van der Waals surface area contributed by atoms with Crippen LogP contribution in [0.15, 0.2) is 22.6 Å². The highest BCUT2D eigenvalue weighted by atomic mass is 16.5. The van der Waals surface area contributed by atoms with Crippen molar-refractivity contribution in [3.05, 3.63) is 29.5 Å². The first-order valence-corrected chi connectivity index (χ1v) is 9.04. The van der Waals surface area contributed by atoms with Crippen LogP contribution in [0.4, 0.5) is 0 Å². The molecule has 2 aromatic rings. The van der Waals surface area contributed by atoms with E-state index in [0.717, 1.165) is 47.7 Å². The molecule has 2 aliphatic rings. The molecule has 1 saturated carbocycles. The number of amides is 1. The van der Waals surface area contributed by atoms with Gasteiger partial charge in [0.15, 0.2) is 5.76 Å². The molecule has 2 atom stereocenters. The minimum atomic E-state index is 0.0479. The fourth-order valence-electron chi connectivity index (χ4n) is 4.46. The molecule has 1 aliphatic carbocycles. The molecule has 0 radical (unpaired) electrons. The minimum absolute atomic E-state index is 0.0479. The standard InChI is InChI=1S/C20H25NO3/c1-13-17-11-16(23-2)7-8-18(17)24-19(13)20(22)21-10-9-14-5-3-4-6-15(14)12-21/h7-8,11,14-15H,3-6,9-10,12H2,1-2H3/t14-,15-/m1/s1. The Morgan fingerprint density at radius 3 is 2.79 bits per heavy atom. The van der Waals surface area contributed by atoms with Crippen LogP contribution in [0.1, 0.15) is 48.2 Å². The van der Waals surface area contributed by atoms with Crippen LogP contribution in [0.5, 0.6) is 5.75 Å². The number of furan rings is 1. The Labute approximate surface area is 142 Å². The lowest BCUT2D eigenvalue weighted by Gasteiger charge is -2.41. The Morgan fingerprint density at radius 2 is 2.00 bits per heavy atom. The van der Waals surface area contributed by atoms with Crippen molar-refractivity contribution in [3.8, 4) is 5.75 Å². The van der Waals surface area contributed by atoms with Gasteiger partial charge < -0.3 is 14.1 Å². The molecule has 4 heteroatoms. The number of carbonyl (C=O) groups is 1. The number of carbonyl (C=O) groups excluding carboxylic acids is 1. The summed E-state index contributed by atoms with van der Waals surface area (Å²) in [5, 5.41) is 0.963. The lowest BCUT2D eigenvalue weighted by molar-refractivity contribution is 0.0493. The Morgan fingerprint density at radius 1 is 1.21 bits per heavy atom. The summed E-state index contributed by atoms with van der Waals surface area (Å²) in [6.07, 6.45) is 6.43. The summed E-state index contributed by atoms with van der Waals surface area (Å²) in [5.74, 6) is 2.83. The zero-order valence-corrected chi connectivity index (χ0v) is 14.5. The lowest BCUT2D eigenvalue weighted by atomic mass is 9.75. The van der Waals surface area contributed by atoms with Gasteiger partial charge in [0.05, 0.1) is 7.11 Å². The number of fused-ring (bicyclic) bond motifs is 2. The second kappa shape index (κ2) is 6.15.